The van der Waals surface area contributed by atoms with Gasteiger partial charge in [0.05, 0.1) is 17.9 Å². The lowest BCUT2D eigenvalue weighted by molar-refractivity contribution is -0.113. The van der Waals surface area contributed by atoms with Gasteiger partial charge in [-0.15, -0.1) is 21.5 Å². The first-order valence-electron chi connectivity index (χ1n) is 11.0. The van der Waals surface area contributed by atoms with Crippen molar-refractivity contribution in [2.45, 2.75) is 44.4 Å². The van der Waals surface area contributed by atoms with Crippen molar-refractivity contribution in [3.8, 4) is 5.75 Å². The van der Waals surface area contributed by atoms with Gasteiger partial charge < -0.3 is 19.4 Å². The molecular formula is C23H25ClN4O4S2. The van der Waals surface area contributed by atoms with E-state index in [0.29, 0.717) is 38.9 Å². The van der Waals surface area contributed by atoms with E-state index in [9.17, 15) is 9.59 Å². The Bertz CT molecular complexity index is 1180. The van der Waals surface area contributed by atoms with Crippen molar-refractivity contribution < 1.29 is 19.1 Å². The van der Waals surface area contributed by atoms with Gasteiger partial charge in [0.25, 0.3) is 0 Å². The third kappa shape index (κ3) is 5.73. The zero-order valence-electron chi connectivity index (χ0n) is 18.9. The highest BCUT2D eigenvalue weighted by Gasteiger charge is 2.27. The minimum atomic E-state index is -0.372. The Morgan fingerprint density at radius 3 is 2.74 bits per heavy atom. The Morgan fingerprint density at radius 1 is 1.21 bits per heavy atom. The molecule has 2 heterocycles. The summed E-state index contributed by atoms with van der Waals surface area (Å²) < 4.78 is 12.8. The maximum Gasteiger partial charge on any atom is 0.341 e. The Balaban J connectivity index is 1.37. The molecule has 1 amide bonds. The molecular weight excluding hydrogens is 496 g/mol. The Morgan fingerprint density at radius 2 is 1.97 bits per heavy atom. The number of hydrogen-bond donors (Lipinski definition) is 1. The van der Waals surface area contributed by atoms with Crippen LogP contribution in [-0.4, -0.2) is 39.0 Å². The van der Waals surface area contributed by atoms with Crippen LogP contribution in [0.4, 0.5) is 5.00 Å². The molecule has 0 unspecified atom stereocenters. The fraction of sp³-hybridized carbons (Fsp3) is 0.391. The average Bonchev–Trinajstić information content (AvgIpc) is 3.37. The number of fused-ring (bicyclic) bond motifs is 1. The number of anilines is 1. The molecule has 180 valence electrons. The fourth-order valence-electron chi connectivity index (χ4n) is 3.64. The second-order valence-corrected chi connectivity index (χ2v) is 10.2. The average molecular weight is 521 g/mol. The number of aromatic nitrogens is 3. The zero-order chi connectivity index (χ0) is 24.1. The summed E-state index contributed by atoms with van der Waals surface area (Å²) in [5, 5.41) is 13.1. The van der Waals surface area contributed by atoms with E-state index >= 15 is 0 Å². The molecule has 1 aromatic carbocycles. The summed E-state index contributed by atoms with van der Waals surface area (Å²) in [5.41, 5.74) is 1.54. The van der Waals surface area contributed by atoms with Crippen molar-refractivity contribution in [3.63, 3.8) is 0 Å². The first-order valence-corrected chi connectivity index (χ1v) is 13.1. The number of thiophene rings is 1. The number of aryl methyl sites for hydroxylation is 1. The first-order chi connectivity index (χ1) is 16.5. The topological polar surface area (TPSA) is 95.3 Å². The van der Waals surface area contributed by atoms with Crippen LogP contribution in [0.2, 0.25) is 5.02 Å². The number of carbonyl (C=O) groups is 2. The van der Waals surface area contributed by atoms with Crippen LogP contribution in [0.15, 0.2) is 29.4 Å². The molecule has 2 aromatic heterocycles. The van der Waals surface area contributed by atoms with Crippen LogP contribution >= 0.6 is 34.7 Å². The Hall–Kier alpha value is -2.56. The van der Waals surface area contributed by atoms with E-state index in [-0.39, 0.29) is 24.2 Å². The molecule has 0 saturated heterocycles. The zero-order valence-corrected chi connectivity index (χ0v) is 21.3. The van der Waals surface area contributed by atoms with Crippen molar-refractivity contribution in [1.29, 1.82) is 0 Å². The predicted octanol–water partition coefficient (Wildman–Crippen LogP) is 4.90. The maximum atomic E-state index is 12.7. The molecule has 0 spiro atoms. The molecule has 0 bridgehead atoms. The van der Waals surface area contributed by atoms with E-state index < -0.39 is 0 Å². The normalized spacial score (nSPS) is 12.8. The van der Waals surface area contributed by atoms with Crippen molar-refractivity contribution in [1.82, 2.24) is 14.8 Å². The lowest BCUT2D eigenvalue weighted by atomic mass is 9.95. The molecule has 8 nitrogen and oxygen atoms in total. The van der Waals surface area contributed by atoms with Crippen molar-refractivity contribution >= 4 is 51.6 Å². The van der Waals surface area contributed by atoms with Crippen LogP contribution in [0.5, 0.6) is 5.75 Å². The van der Waals surface area contributed by atoms with Crippen LogP contribution in [0.3, 0.4) is 0 Å². The van der Waals surface area contributed by atoms with Gasteiger partial charge in [-0.2, -0.15) is 0 Å². The SMILES string of the molecule is CCOC(=O)c1c(NC(=O)CSc2nnc(COc3ccc(Cl)cc3)n2C)sc2c1CCCC2. The number of esters is 1. The van der Waals surface area contributed by atoms with E-state index in [4.69, 9.17) is 21.1 Å². The lowest BCUT2D eigenvalue weighted by Crippen LogP contribution is -2.17. The molecule has 0 radical (unpaired) electrons. The van der Waals surface area contributed by atoms with Crippen molar-refractivity contribution in [2.24, 2.45) is 7.05 Å². The van der Waals surface area contributed by atoms with E-state index in [1.807, 2.05) is 7.05 Å². The molecule has 1 N–H and O–H groups in total. The minimum Gasteiger partial charge on any atom is -0.486 e. The second-order valence-electron chi connectivity index (χ2n) is 7.67. The highest BCUT2D eigenvalue weighted by atomic mass is 35.5. The summed E-state index contributed by atoms with van der Waals surface area (Å²) in [4.78, 5) is 26.5. The summed E-state index contributed by atoms with van der Waals surface area (Å²) in [5.74, 6) is 0.861. The van der Waals surface area contributed by atoms with Crippen LogP contribution in [-0.2, 0) is 36.0 Å². The van der Waals surface area contributed by atoms with Gasteiger partial charge in [0, 0.05) is 16.9 Å². The number of halogens is 1. The van der Waals surface area contributed by atoms with E-state index in [0.717, 1.165) is 36.1 Å². The standard InChI is InChI=1S/C23H25ClN4O4S2/c1-3-31-22(30)20-16-6-4-5-7-17(16)34-21(20)25-19(29)13-33-23-27-26-18(28(23)2)12-32-15-10-8-14(24)9-11-15/h8-11H,3-7,12-13H2,1-2H3,(H,25,29). The van der Waals surface area contributed by atoms with Crippen LogP contribution in [0, 0.1) is 0 Å². The molecule has 0 aliphatic heterocycles. The van der Waals surface area contributed by atoms with Gasteiger partial charge >= 0.3 is 5.97 Å². The number of nitrogens with zero attached hydrogens (tertiary/aromatic N) is 3. The van der Waals surface area contributed by atoms with Crippen molar-refractivity contribution in [2.75, 3.05) is 17.7 Å². The smallest absolute Gasteiger partial charge is 0.341 e. The number of hydrogen-bond acceptors (Lipinski definition) is 8. The summed E-state index contributed by atoms with van der Waals surface area (Å²) in [6.45, 7) is 2.31. The van der Waals surface area contributed by atoms with Gasteiger partial charge in [0.15, 0.2) is 11.0 Å². The monoisotopic (exact) mass is 520 g/mol. The third-order valence-corrected chi connectivity index (χ3v) is 7.82. The van der Waals surface area contributed by atoms with Gasteiger partial charge in [-0.1, -0.05) is 23.4 Å². The molecule has 3 aromatic rings. The van der Waals surface area contributed by atoms with Crippen molar-refractivity contribution in [3.05, 3.63) is 51.1 Å². The number of amides is 1. The molecule has 4 rings (SSSR count). The van der Waals surface area contributed by atoms with Gasteiger partial charge in [-0.3, -0.25) is 4.79 Å². The quantitative estimate of drug-likeness (QED) is 0.317. The lowest BCUT2D eigenvalue weighted by Gasteiger charge is -2.12. The number of ether oxygens (including phenoxy) is 2. The fourth-order valence-corrected chi connectivity index (χ4v) is 5.79. The molecule has 1 aliphatic carbocycles. The highest BCUT2D eigenvalue weighted by Crippen LogP contribution is 2.38. The highest BCUT2D eigenvalue weighted by molar-refractivity contribution is 7.99. The van der Waals surface area contributed by atoms with Crippen LogP contribution in [0.1, 0.15) is 46.4 Å². The van der Waals surface area contributed by atoms with Gasteiger partial charge in [0.2, 0.25) is 5.91 Å². The van der Waals surface area contributed by atoms with Gasteiger partial charge in [0.1, 0.15) is 17.4 Å². The van der Waals surface area contributed by atoms with E-state index in [1.54, 1.807) is 35.8 Å². The molecule has 11 heteroatoms. The number of thioether (sulfide) groups is 1. The molecule has 34 heavy (non-hydrogen) atoms. The Labute approximate surface area is 211 Å². The summed E-state index contributed by atoms with van der Waals surface area (Å²) in [7, 11) is 1.83. The van der Waals surface area contributed by atoms with Crippen LogP contribution < -0.4 is 10.1 Å². The molecule has 0 atom stereocenters. The number of nitrogens with one attached hydrogen (secondary N) is 1. The third-order valence-electron chi connectivity index (χ3n) is 5.34. The predicted molar refractivity (Wildman–Crippen MR) is 133 cm³/mol. The van der Waals surface area contributed by atoms with Gasteiger partial charge in [-0.05, 0) is 62.4 Å². The molecule has 1 aliphatic rings. The number of benzene rings is 1. The second kappa shape index (κ2) is 11.2. The first kappa shape index (κ1) is 24.6. The summed E-state index contributed by atoms with van der Waals surface area (Å²) in [6.07, 6.45) is 3.89. The van der Waals surface area contributed by atoms with Crippen LogP contribution in [0.25, 0.3) is 0 Å². The number of carbonyl (C=O) groups excluding carboxylic acids is 2. The largest absolute Gasteiger partial charge is 0.486 e. The van der Waals surface area contributed by atoms with E-state index in [2.05, 4.69) is 15.5 Å². The number of rotatable bonds is 9. The minimum absolute atomic E-state index is 0.134. The Kier molecular flexibility index (Phi) is 8.12. The summed E-state index contributed by atoms with van der Waals surface area (Å²) >= 11 is 8.64. The molecule has 0 fully saturated rings. The maximum absolute atomic E-state index is 12.7. The van der Waals surface area contributed by atoms with Gasteiger partial charge in [-0.25, -0.2) is 4.79 Å². The summed E-state index contributed by atoms with van der Waals surface area (Å²) in [6, 6.07) is 7.08. The molecule has 0 saturated carbocycles. The van der Waals surface area contributed by atoms with E-state index in [1.165, 1.54) is 23.1 Å².